The Hall–Kier alpha value is 0.270. The predicted molar refractivity (Wildman–Crippen MR) is 30.1 cm³/mol. The minimum absolute atomic E-state index is 0.327. The highest BCUT2D eigenvalue weighted by molar-refractivity contribution is 7.77. The van der Waals surface area contributed by atoms with Gasteiger partial charge >= 0.3 is 0 Å². The van der Waals surface area contributed by atoms with E-state index in [0.717, 1.165) is 0 Å². The number of rotatable bonds is 1. The van der Waals surface area contributed by atoms with Crippen LogP contribution in [0.4, 0.5) is 0 Å². The van der Waals surface area contributed by atoms with Crippen molar-refractivity contribution in [1.82, 2.24) is 4.41 Å². The molecule has 0 aliphatic rings. The summed E-state index contributed by atoms with van der Waals surface area (Å²) in [5.41, 5.74) is 0. The molecule has 3 heteroatoms. The molecule has 6 heavy (non-hydrogen) atoms. The molecule has 0 atom stereocenters. The van der Waals surface area contributed by atoms with Gasteiger partial charge in [0.15, 0.2) is 0 Å². The van der Waals surface area contributed by atoms with Crippen LogP contribution in [0.25, 0.3) is 0 Å². The van der Waals surface area contributed by atoms with Crippen LogP contribution in [0.5, 0.6) is 0 Å². The molecular formula is C3H10N2S. The molecule has 0 saturated carbocycles. The van der Waals surface area contributed by atoms with E-state index in [1.54, 1.807) is 0 Å². The Morgan fingerprint density at radius 2 is 1.83 bits per heavy atom. The van der Waals surface area contributed by atoms with Gasteiger partial charge in [-0.3, -0.25) is 5.84 Å². The standard InChI is InChI=1S/C3H10N2S/c1-3(2)5(4)6/h3,6H,4H2,1-2H3. The lowest BCUT2D eigenvalue weighted by molar-refractivity contribution is 0.419. The number of hydrogen-bond donors (Lipinski definition) is 2. The van der Waals surface area contributed by atoms with Gasteiger partial charge in [-0.15, -0.1) is 0 Å². The normalized spacial score (nSPS) is 11.0. The third-order valence-electron chi connectivity index (χ3n) is 0.529. The van der Waals surface area contributed by atoms with E-state index in [4.69, 9.17) is 5.84 Å². The van der Waals surface area contributed by atoms with E-state index in [2.05, 4.69) is 12.8 Å². The third-order valence-corrected chi connectivity index (χ3v) is 0.991. The Morgan fingerprint density at radius 3 is 1.83 bits per heavy atom. The Morgan fingerprint density at radius 1 is 1.67 bits per heavy atom. The fraction of sp³-hybridized carbons (Fsp3) is 1.00. The molecule has 0 radical (unpaired) electrons. The second-order valence-corrected chi connectivity index (χ2v) is 1.94. The molecular weight excluding hydrogens is 96.1 g/mol. The maximum Gasteiger partial charge on any atom is 0.0295 e. The fourth-order valence-electron chi connectivity index (χ4n) is 0. The van der Waals surface area contributed by atoms with E-state index >= 15 is 0 Å². The number of hydrogen-bond acceptors (Lipinski definition) is 3. The lowest BCUT2D eigenvalue weighted by atomic mass is 10.4. The van der Waals surface area contributed by atoms with Crippen LogP contribution in [0.2, 0.25) is 0 Å². The van der Waals surface area contributed by atoms with Crippen LogP contribution in [0.15, 0.2) is 0 Å². The average Bonchev–Trinajstić information content (AvgIpc) is 1.36. The second kappa shape index (κ2) is 2.44. The van der Waals surface area contributed by atoms with Crippen molar-refractivity contribution in [2.45, 2.75) is 19.9 Å². The Kier molecular flexibility index (Phi) is 2.55. The van der Waals surface area contributed by atoms with E-state index in [9.17, 15) is 0 Å². The summed E-state index contributed by atoms with van der Waals surface area (Å²) in [6.07, 6.45) is 0. The first-order valence-corrected chi connectivity index (χ1v) is 2.27. The summed E-state index contributed by atoms with van der Waals surface area (Å²) in [6, 6.07) is 0.327. The van der Waals surface area contributed by atoms with E-state index in [1.165, 1.54) is 4.41 Å². The summed E-state index contributed by atoms with van der Waals surface area (Å²) in [6.45, 7) is 3.93. The third kappa shape index (κ3) is 2.50. The van der Waals surface area contributed by atoms with Crippen molar-refractivity contribution in [3.05, 3.63) is 0 Å². The molecule has 0 aromatic heterocycles. The van der Waals surface area contributed by atoms with Gasteiger partial charge in [-0.1, -0.05) is 12.8 Å². The second-order valence-electron chi connectivity index (χ2n) is 1.47. The van der Waals surface area contributed by atoms with Gasteiger partial charge in [0.05, 0.1) is 0 Å². The molecule has 0 unspecified atom stereocenters. The van der Waals surface area contributed by atoms with Crippen molar-refractivity contribution in [2.24, 2.45) is 5.84 Å². The summed E-state index contributed by atoms with van der Waals surface area (Å²) in [7, 11) is 0. The van der Waals surface area contributed by atoms with Crippen LogP contribution >= 0.6 is 12.8 Å². The Labute approximate surface area is 43.8 Å². The lowest BCUT2D eigenvalue weighted by Crippen LogP contribution is -2.27. The van der Waals surface area contributed by atoms with E-state index in [-0.39, 0.29) is 0 Å². The number of thiol groups is 1. The summed E-state index contributed by atoms with van der Waals surface area (Å²) >= 11 is 3.80. The first-order chi connectivity index (χ1) is 2.64. The molecule has 0 bridgehead atoms. The monoisotopic (exact) mass is 106 g/mol. The highest BCUT2D eigenvalue weighted by Crippen LogP contribution is 1.89. The van der Waals surface area contributed by atoms with Crippen LogP contribution in [-0.2, 0) is 0 Å². The molecule has 0 heterocycles. The molecule has 2 nitrogen and oxygen atoms in total. The molecule has 2 N–H and O–H groups in total. The van der Waals surface area contributed by atoms with Crippen molar-refractivity contribution in [3.63, 3.8) is 0 Å². The molecule has 38 valence electrons. The summed E-state index contributed by atoms with van der Waals surface area (Å²) in [5.74, 6) is 5.13. The maximum atomic E-state index is 5.13. The topological polar surface area (TPSA) is 29.3 Å². The smallest absolute Gasteiger partial charge is 0.0295 e. The van der Waals surface area contributed by atoms with Gasteiger partial charge in [-0.2, -0.15) is 4.41 Å². The largest absolute Gasteiger partial charge is 0.259 e. The van der Waals surface area contributed by atoms with Gasteiger partial charge in [0, 0.05) is 6.04 Å². The van der Waals surface area contributed by atoms with E-state index < -0.39 is 0 Å². The van der Waals surface area contributed by atoms with Crippen LogP contribution in [-0.4, -0.2) is 10.5 Å². The predicted octanol–water partition coefficient (Wildman–Crippen LogP) is 0.415. The lowest BCUT2D eigenvalue weighted by Gasteiger charge is -2.10. The first-order valence-electron chi connectivity index (χ1n) is 1.87. The molecule has 0 rings (SSSR count). The van der Waals surface area contributed by atoms with Crippen LogP contribution in [0, 0.1) is 0 Å². The maximum absolute atomic E-state index is 5.13. The van der Waals surface area contributed by atoms with E-state index in [0.29, 0.717) is 6.04 Å². The zero-order valence-corrected chi connectivity index (χ0v) is 4.94. The highest BCUT2D eigenvalue weighted by atomic mass is 32.1. The minimum Gasteiger partial charge on any atom is -0.259 e. The van der Waals surface area contributed by atoms with Crippen molar-refractivity contribution < 1.29 is 0 Å². The first kappa shape index (κ1) is 6.27. The fourth-order valence-corrected chi connectivity index (χ4v) is 0. The number of hydrazine groups is 1. The van der Waals surface area contributed by atoms with Crippen molar-refractivity contribution in [1.29, 1.82) is 0 Å². The number of nitrogens with zero attached hydrogens (tertiary/aromatic N) is 1. The van der Waals surface area contributed by atoms with E-state index in [1.807, 2.05) is 13.8 Å². The average molecular weight is 106 g/mol. The summed E-state index contributed by atoms with van der Waals surface area (Å²) < 4.78 is 1.36. The van der Waals surface area contributed by atoms with Gasteiger partial charge in [0.2, 0.25) is 0 Å². The molecule has 0 aliphatic heterocycles. The van der Waals surface area contributed by atoms with Gasteiger partial charge in [0.1, 0.15) is 0 Å². The zero-order valence-electron chi connectivity index (χ0n) is 4.05. The van der Waals surface area contributed by atoms with Crippen LogP contribution in [0.3, 0.4) is 0 Å². The van der Waals surface area contributed by atoms with Crippen molar-refractivity contribution in [2.75, 3.05) is 0 Å². The SMILES string of the molecule is CC(C)N(N)S. The minimum atomic E-state index is 0.327. The number of nitrogens with two attached hydrogens (primary N) is 1. The molecule has 0 spiro atoms. The summed E-state index contributed by atoms with van der Waals surface area (Å²) in [5, 5.41) is 0. The highest BCUT2D eigenvalue weighted by Gasteiger charge is 1.92. The van der Waals surface area contributed by atoms with Gasteiger partial charge in [-0.25, -0.2) is 0 Å². The van der Waals surface area contributed by atoms with Gasteiger partial charge in [-0.05, 0) is 13.8 Å². The van der Waals surface area contributed by atoms with Crippen LogP contribution in [0.1, 0.15) is 13.8 Å². The van der Waals surface area contributed by atoms with Crippen LogP contribution < -0.4 is 5.84 Å². The van der Waals surface area contributed by atoms with Crippen molar-refractivity contribution in [3.8, 4) is 0 Å². The van der Waals surface area contributed by atoms with Gasteiger partial charge < -0.3 is 0 Å². The van der Waals surface area contributed by atoms with Gasteiger partial charge in [0.25, 0.3) is 0 Å². The molecule has 0 aromatic carbocycles. The van der Waals surface area contributed by atoms with Crippen molar-refractivity contribution >= 4 is 12.8 Å². The Balaban J connectivity index is 2.99. The molecule has 0 aromatic rings. The zero-order chi connectivity index (χ0) is 5.15. The Bertz CT molecular complexity index is 29.8. The quantitative estimate of drug-likeness (QED) is 0.288. The summed E-state index contributed by atoms with van der Waals surface area (Å²) in [4.78, 5) is 0. The molecule has 0 saturated heterocycles. The molecule has 0 aliphatic carbocycles. The molecule has 0 amide bonds. The molecule has 0 fully saturated rings.